The lowest BCUT2D eigenvalue weighted by atomic mass is 9.90. The van der Waals surface area contributed by atoms with Crippen molar-refractivity contribution >= 4 is 5.91 Å². The lowest BCUT2D eigenvalue weighted by Crippen LogP contribution is -2.47. The molecule has 0 aromatic heterocycles. The molecule has 86 valence electrons. The summed E-state index contributed by atoms with van der Waals surface area (Å²) in [6, 6.07) is 1.02. The van der Waals surface area contributed by atoms with Gasteiger partial charge in [-0.3, -0.25) is 4.79 Å². The summed E-state index contributed by atoms with van der Waals surface area (Å²) < 4.78 is 0. The summed E-state index contributed by atoms with van der Waals surface area (Å²) in [4.78, 5) is 14.1. The van der Waals surface area contributed by atoms with E-state index in [4.69, 9.17) is 5.73 Å². The average Bonchev–Trinajstić information content (AvgIpc) is 2.50. The summed E-state index contributed by atoms with van der Waals surface area (Å²) >= 11 is 0. The topological polar surface area (TPSA) is 46.3 Å². The van der Waals surface area contributed by atoms with Crippen molar-refractivity contribution < 1.29 is 4.79 Å². The SMILES string of the molecule is CCCC(=O)N1[C@H]2CC[C@H]1CC(CN)C2. The minimum atomic E-state index is 0.375. The fourth-order valence-corrected chi connectivity index (χ4v) is 3.23. The van der Waals surface area contributed by atoms with Crippen LogP contribution >= 0.6 is 0 Å². The summed E-state index contributed by atoms with van der Waals surface area (Å²) in [6.45, 7) is 2.87. The molecule has 0 aromatic carbocycles. The lowest BCUT2D eigenvalue weighted by molar-refractivity contribution is -0.136. The molecular weight excluding hydrogens is 188 g/mol. The van der Waals surface area contributed by atoms with E-state index in [9.17, 15) is 4.79 Å². The number of hydrogen-bond acceptors (Lipinski definition) is 2. The van der Waals surface area contributed by atoms with Crippen LogP contribution in [-0.2, 0) is 4.79 Å². The Labute approximate surface area is 92.0 Å². The van der Waals surface area contributed by atoms with Gasteiger partial charge in [0, 0.05) is 18.5 Å². The van der Waals surface area contributed by atoms with E-state index in [1.807, 2.05) is 0 Å². The Morgan fingerprint density at radius 2 is 1.93 bits per heavy atom. The van der Waals surface area contributed by atoms with Gasteiger partial charge in [-0.25, -0.2) is 0 Å². The Bertz CT molecular complexity index is 228. The highest BCUT2D eigenvalue weighted by Gasteiger charge is 2.42. The van der Waals surface area contributed by atoms with Gasteiger partial charge < -0.3 is 10.6 Å². The van der Waals surface area contributed by atoms with Gasteiger partial charge in [-0.05, 0) is 44.6 Å². The van der Waals surface area contributed by atoms with E-state index in [0.717, 1.165) is 32.2 Å². The van der Waals surface area contributed by atoms with Crippen LogP contribution in [0.3, 0.4) is 0 Å². The zero-order valence-corrected chi connectivity index (χ0v) is 9.61. The van der Waals surface area contributed by atoms with Crippen LogP contribution < -0.4 is 5.73 Å². The summed E-state index contributed by atoms with van der Waals surface area (Å²) in [7, 11) is 0. The van der Waals surface area contributed by atoms with Crippen LogP contribution in [0.25, 0.3) is 0 Å². The molecule has 0 unspecified atom stereocenters. The largest absolute Gasteiger partial charge is 0.337 e. The minimum absolute atomic E-state index is 0.375. The zero-order valence-electron chi connectivity index (χ0n) is 9.61. The van der Waals surface area contributed by atoms with Gasteiger partial charge in [0.05, 0.1) is 0 Å². The highest BCUT2D eigenvalue weighted by atomic mass is 16.2. The molecular formula is C12H22N2O. The zero-order chi connectivity index (χ0) is 10.8. The van der Waals surface area contributed by atoms with Gasteiger partial charge in [0.15, 0.2) is 0 Å². The summed E-state index contributed by atoms with van der Waals surface area (Å²) in [5.41, 5.74) is 5.73. The second-order valence-electron chi connectivity index (χ2n) is 5.01. The Morgan fingerprint density at radius 3 is 2.40 bits per heavy atom. The minimum Gasteiger partial charge on any atom is -0.337 e. The third-order valence-electron chi connectivity index (χ3n) is 3.92. The van der Waals surface area contributed by atoms with E-state index >= 15 is 0 Å². The van der Waals surface area contributed by atoms with Gasteiger partial charge in [-0.15, -0.1) is 0 Å². The van der Waals surface area contributed by atoms with E-state index in [1.165, 1.54) is 12.8 Å². The Morgan fingerprint density at radius 1 is 1.33 bits per heavy atom. The van der Waals surface area contributed by atoms with Gasteiger partial charge in [-0.2, -0.15) is 0 Å². The first-order valence-corrected chi connectivity index (χ1v) is 6.27. The highest BCUT2D eigenvalue weighted by Crippen LogP contribution is 2.38. The molecule has 0 saturated carbocycles. The molecule has 15 heavy (non-hydrogen) atoms. The quantitative estimate of drug-likeness (QED) is 0.767. The predicted octanol–water partition coefficient (Wildman–Crippen LogP) is 1.51. The summed E-state index contributed by atoms with van der Waals surface area (Å²) in [5.74, 6) is 1.04. The third-order valence-corrected chi connectivity index (χ3v) is 3.92. The van der Waals surface area contributed by atoms with Gasteiger partial charge in [0.2, 0.25) is 5.91 Å². The molecule has 2 N–H and O–H groups in total. The fourth-order valence-electron chi connectivity index (χ4n) is 3.23. The summed E-state index contributed by atoms with van der Waals surface area (Å²) in [6.07, 6.45) is 6.38. The molecule has 1 amide bonds. The van der Waals surface area contributed by atoms with Crippen LogP contribution in [-0.4, -0.2) is 29.4 Å². The van der Waals surface area contributed by atoms with Gasteiger partial charge >= 0.3 is 0 Å². The molecule has 0 spiro atoms. The molecule has 3 heteroatoms. The van der Waals surface area contributed by atoms with Crippen LogP contribution in [0.5, 0.6) is 0 Å². The number of hydrogen-bond donors (Lipinski definition) is 1. The molecule has 3 nitrogen and oxygen atoms in total. The highest BCUT2D eigenvalue weighted by molar-refractivity contribution is 5.77. The second-order valence-corrected chi connectivity index (χ2v) is 5.01. The van der Waals surface area contributed by atoms with Gasteiger partial charge in [0.25, 0.3) is 0 Å². The van der Waals surface area contributed by atoms with Crippen LogP contribution in [0.2, 0.25) is 0 Å². The van der Waals surface area contributed by atoms with Crippen molar-refractivity contribution in [3.05, 3.63) is 0 Å². The van der Waals surface area contributed by atoms with E-state index in [0.29, 0.717) is 23.9 Å². The van der Waals surface area contributed by atoms with Crippen molar-refractivity contribution in [2.45, 2.75) is 57.5 Å². The maximum absolute atomic E-state index is 11.9. The molecule has 2 aliphatic heterocycles. The molecule has 2 saturated heterocycles. The van der Waals surface area contributed by atoms with E-state index in [1.54, 1.807) is 0 Å². The monoisotopic (exact) mass is 210 g/mol. The third kappa shape index (κ3) is 2.03. The van der Waals surface area contributed by atoms with Crippen LogP contribution in [0, 0.1) is 5.92 Å². The van der Waals surface area contributed by atoms with E-state index in [-0.39, 0.29) is 0 Å². The maximum Gasteiger partial charge on any atom is 0.223 e. The van der Waals surface area contributed by atoms with Crippen molar-refractivity contribution in [2.24, 2.45) is 11.7 Å². The molecule has 2 rings (SSSR count). The molecule has 2 fully saturated rings. The number of carbonyl (C=O) groups excluding carboxylic acids is 1. The predicted molar refractivity (Wildman–Crippen MR) is 60.3 cm³/mol. The molecule has 2 bridgehead atoms. The number of nitrogens with two attached hydrogens (primary N) is 1. The smallest absolute Gasteiger partial charge is 0.223 e. The number of carbonyl (C=O) groups is 1. The van der Waals surface area contributed by atoms with Gasteiger partial charge in [0.1, 0.15) is 0 Å². The Balaban J connectivity index is 2.01. The molecule has 2 atom stereocenters. The number of rotatable bonds is 3. The maximum atomic E-state index is 11.9. The Kier molecular flexibility index (Phi) is 3.29. The molecule has 2 aliphatic rings. The number of nitrogens with zero attached hydrogens (tertiary/aromatic N) is 1. The molecule has 0 aliphatic carbocycles. The number of amides is 1. The molecule has 0 radical (unpaired) electrons. The van der Waals surface area contributed by atoms with Crippen molar-refractivity contribution in [3.8, 4) is 0 Å². The molecule has 0 aromatic rings. The number of fused-ring (bicyclic) bond motifs is 2. The van der Waals surface area contributed by atoms with Crippen molar-refractivity contribution in [3.63, 3.8) is 0 Å². The van der Waals surface area contributed by atoms with E-state index < -0.39 is 0 Å². The first-order valence-electron chi connectivity index (χ1n) is 6.27. The van der Waals surface area contributed by atoms with Crippen molar-refractivity contribution in [1.82, 2.24) is 4.90 Å². The second kappa shape index (κ2) is 4.52. The Hall–Kier alpha value is -0.570. The lowest BCUT2D eigenvalue weighted by Gasteiger charge is -2.38. The average molecular weight is 210 g/mol. The standard InChI is InChI=1S/C12H22N2O/c1-2-3-12(15)14-10-4-5-11(14)7-9(6-10)8-13/h9-11H,2-8,13H2,1H3/t10-,11-/m0/s1. The van der Waals surface area contributed by atoms with Gasteiger partial charge in [-0.1, -0.05) is 6.92 Å². The van der Waals surface area contributed by atoms with Crippen molar-refractivity contribution in [1.29, 1.82) is 0 Å². The van der Waals surface area contributed by atoms with Crippen LogP contribution in [0.4, 0.5) is 0 Å². The van der Waals surface area contributed by atoms with E-state index in [2.05, 4.69) is 11.8 Å². The fraction of sp³-hybridized carbons (Fsp3) is 0.917. The molecule has 2 heterocycles. The normalized spacial score (nSPS) is 34.5. The van der Waals surface area contributed by atoms with Crippen LogP contribution in [0.15, 0.2) is 0 Å². The summed E-state index contributed by atoms with van der Waals surface area (Å²) in [5, 5.41) is 0. The number of piperidine rings is 1. The first-order chi connectivity index (χ1) is 7.26. The van der Waals surface area contributed by atoms with Crippen LogP contribution in [0.1, 0.15) is 45.4 Å². The first kappa shape index (κ1) is 10.9. The van der Waals surface area contributed by atoms with Crippen molar-refractivity contribution in [2.75, 3.05) is 6.54 Å².